The molecule has 0 atom stereocenters. The number of Topliss-reactive ketones (excluding diaryl/α,β-unsaturated/α-hetero) is 1. The van der Waals surface area contributed by atoms with Gasteiger partial charge in [-0.15, -0.1) is 0 Å². The first-order valence-electron chi connectivity index (χ1n) is 10.7. The zero-order chi connectivity index (χ0) is 23.5. The Morgan fingerprint density at radius 3 is 2.31 bits per heavy atom. The second-order valence-electron chi connectivity index (χ2n) is 8.89. The van der Waals surface area contributed by atoms with E-state index in [4.69, 9.17) is 19.3 Å². The summed E-state index contributed by atoms with van der Waals surface area (Å²) < 4.78 is 16.8. The Morgan fingerprint density at radius 1 is 1.03 bits per heavy atom. The van der Waals surface area contributed by atoms with Gasteiger partial charge in [0, 0.05) is 12.5 Å². The molecule has 0 aliphatic heterocycles. The van der Waals surface area contributed by atoms with Gasteiger partial charge >= 0.3 is 5.97 Å². The number of hydrogen-bond acceptors (Lipinski definition) is 6. The van der Waals surface area contributed by atoms with Crippen LogP contribution in [0.15, 0.2) is 24.3 Å². The standard InChI is InChI=1S/C25H30O7/c1-15-17-13-25(2,3)14-19(27)23(17)18(26)12-21(15)31-9-5-6-10-32-22-11-16(24(28)29)7-8-20(22)30-4/h7-8,11-12,26H,5-6,9-10,13-14H2,1-4H3,(H,28,29). The van der Waals surface area contributed by atoms with Crippen molar-refractivity contribution in [3.63, 3.8) is 0 Å². The Morgan fingerprint density at radius 2 is 1.69 bits per heavy atom. The van der Waals surface area contributed by atoms with Gasteiger partial charge in [-0.25, -0.2) is 4.79 Å². The predicted molar refractivity (Wildman–Crippen MR) is 119 cm³/mol. The van der Waals surface area contributed by atoms with Gasteiger partial charge in [0.05, 0.1) is 31.5 Å². The Labute approximate surface area is 187 Å². The van der Waals surface area contributed by atoms with Crippen LogP contribution >= 0.6 is 0 Å². The third kappa shape index (κ3) is 5.15. The van der Waals surface area contributed by atoms with Crippen LogP contribution in [0.25, 0.3) is 0 Å². The van der Waals surface area contributed by atoms with Crippen molar-refractivity contribution < 1.29 is 34.0 Å². The van der Waals surface area contributed by atoms with Crippen LogP contribution in [-0.4, -0.2) is 42.3 Å². The first kappa shape index (κ1) is 23.4. The second kappa shape index (κ2) is 9.51. The highest BCUT2D eigenvalue weighted by Crippen LogP contribution is 2.42. The van der Waals surface area contributed by atoms with Crippen molar-refractivity contribution in [2.75, 3.05) is 20.3 Å². The number of ketones is 1. The SMILES string of the molecule is COc1ccc(C(=O)O)cc1OCCCCOc1cc(O)c2c(c1C)CC(C)(C)CC2=O. The highest BCUT2D eigenvalue weighted by Gasteiger charge is 2.34. The lowest BCUT2D eigenvalue weighted by Crippen LogP contribution is -2.28. The van der Waals surface area contributed by atoms with E-state index in [1.807, 2.05) is 6.92 Å². The molecule has 0 amide bonds. The van der Waals surface area contributed by atoms with Crippen molar-refractivity contribution in [2.45, 2.75) is 46.5 Å². The number of carbonyl (C=O) groups excluding carboxylic acids is 1. The van der Waals surface area contributed by atoms with Crippen LogP contribution in [-0.2, 0) is 6.42 Å². The van der Waals surface area contributed by atoms with Crippen LogP contribution in [0.3, 0.4) is 0 Å². The highest BCUT2D eigenvalue weighted by atomic mass is 16.5. The molecular formula is C25H30O7. The van der Waals surface area contributed by atoms with Gasteiger partial charge in [-0.3, -0.25) is 4.79 Å². The quantitative estimate of drug-likeness (QED) is 0.538. The average Bonchev–Trinajstić information content (AvgIpc) is 2.72. The van der Waals surface area contributed by atoms with Crippen molar-refractivity contribution in [1.82, 2.24) is 0 Å². The van der Waals surface area contributed by atoms with E-state index in [-0.39, 0.29) is 22.5 Å². The molecular weight excluding hydrogens is 412 g/mol. The lowest BCUT2D eigenvalue weighted by Gasteiger charge is -2.32. The maximum atomic E-state index is 12.5. The molecule has 2 aromatic carbocycles. The minimum absolute atomic E-state index is 0.0187. The van der Waals surface area contributed by atoms with Gasteiger partial charge < -0.3 is 24.4 Å². The molecule has 0 heterocycles. The summed E-state index contributed by atoms with van der Waals surface area (Å²) in [5.41, 5.74) is 2.19. The molecule has 2 N–H and O–H groups in total. The van der Waals surface area contributed by atoms with E-state index in [2.05, 4.69) is 13.8 Å². The molecule has 0 radical (unpaired) electrons. The molecule has 7 heteroatoms. The van der Waals surface area contributed by atoms with E-state index in [9.17, 15) is 14.7 Å². The summed E-state index contributed by atoms with van der Waals surface area (Å²) in [6.45, 7) is 6.83. The van der Waals surface area contributed by atoms with Crippen LogP contribution in [0.5, 0.6) is 23.0 Å². The van der Waals surface area contributed by atoms with Crippen LogP contribution in [0.2, 0.25) is 0 Å². The van der Waals surface area contributed by atoms with Gasteiger partial charge in [-0.2, -0.15) is 0 Å². The van der Waals surface area contributed by atoms with Crippen molar-refractivity contribution in [3.8, 4) is 23.0 Å². The molecule has 0 unspecified atom stereocenters. The van der Waals surface area contributed by atoms with Crippen LogP contribution < -0.4 is 14.2 Å². The zero-order valence-corrected chi connectivity index (χ0v) is 19.0. The topological polar surface area (TPSA) is 102 Å². The molecule has 0 bridgehead atoms. The number of ether oxygens (including phenoxy) is 3. The largest absolute Gasteiger partial charge is 0.507 e. The Kier molecular flexibility index (Phi) is 6.96. The normalized spacial score (nSPS) is 14.6. The monoisotopic (exact) mass is 442 g/mol. The Bertz CT molecular complexity index is 1020. The number of carbonyl (C=O) groups is 2. The minimum atomic E-state index is -1.03. The minimum Gasteiger partial charge on any atom is -0.507 e. The first-order valence-corrected chi connectivity index (χ1v) is 10.7. The number of carboxylic acid groups (broad SMARTS) is 1. The Hall–Kier alpha value is -3.22. The van der Waals surface area contributed by atoms with Crippen molar-refractivity contribution >= 4 is 11.8 Å². The van der Waals surface area contributed by atoms with Crippen molar-refractivity contribution in [1.29, 1.82) is 0 Å². The molecule has 3 rings (SSSR count). The molecule has 7 nitrogen and oxygen atoms in total. The Balaban J connectivity index is 1.56. The number of hydrogen-bond donors (Lipinski definition) is 2. The summed E-state index contributed by atoms with van der Waals surface area (Å²) in [5, 5.41) is 19.5. The van der Waals surface area contributed by atoms with Crippen molar-refractivity contribution in [3.05, 3.63) is 46.5 Å². The molecule has 0 saturated carbocycles. The zero-order valence-electron chi connectivity index (χ0n) is 19.0. The predicted octanol–water partition coefficient (Wildman–Crippen LogP) is 4.80. The van der Waals surface area contributed by atoms with Gasteiger partial charge in [0.25, 0.3) is 0 Å². The average molecular weight is 443 g/mol. The summed E-state index contributed by atoms with van der Waals surface area (Å²) in [7, 11) is 1.50. The fourth-order valence-corrected chi connectivity index (χ4v) is 4.03. The fraction of sp³-hybridized carbons (Fsp3) is 0.440. The summed E-state index contributed by atoms with van der Waals surface area (Å²) >= 11 is 0. The van der Waals surface area contributed by atoms with Crippen molar-refractivity contribution in [2.24, 2.45) is 5.41 Å². The maximum absolute atomic E-state index is 12.5. The fourth-order valence-electron chi connectivity index (χ4n) is 4.03. The van der Waals surface area contributed by atoms with Gasteiger partial charge in [0.2, 0.25) is 0 Å². The van der Waals surface area contributed by atoms with Gasteiger partial charge in [0.1, 0.15) is 11.5 Å². The molecule has 1 aliphatic carbocycles. The van der Waals surface area contributed by atoms with Crippen LogP contribution in [0.4, 0.5) is 0 Å². The maximum Gasteiger partial charge on any atom is 0.335 e. The highest BCUT2D eigenvalue weighted by molar-refractivity contribution is 6.02. The van der Waals surface area contributed by atoms with E-state index >= 15 is 0 Å². The second-order valence-corrected chi connectivity index (χ2v) is 8.89. The lowest BCUT2D eigenvalue weighted by molar-refractivity contribution is 0.0695. The lowest BCUT2D eigenvalue weighted by atomic mass is 9.72. The summed E-state index contributed by atoms with van der Waals surface area (Å²) in [5.74, 6) is 0.376. The number of methoxy groups -OCH3 is 1. The molecule has 172 valence electrons. The van der Waals surface area contributed by atoms with E-state index in [1.165, 1.54) is 25.3 Å². The molecule has 0 fully saturated rings. The number of phenolic OH excluding ortho intramolecular Hbond substituents is 1. The van der Waals surface area contributed by atoms with Crippen LogP contribution in [0.1, 0.15) is 65.0 Å². The number of benzene rings is 2. The van der Waals surface area contributed by atoms with Crippen LogP contribution in [0, 0.1) is 12.3 Å². The van der Waals surface area contributed by atoms with E-state index in [0.29, 0.717) is 55.3 Å². The van der Waals surface area contributed by atoms with Gasteiger partial charge in [-0.05, 0) is 60.9 Å². The third-order valence-electron chi connectivity index (χ3n) is 5.69. The summed E-state index contributed by atoms with van der Waals surface area (Å²) in [4.78, 5) is 23.6. The molecule has 0 aromatic heterocycles. The van der Waals surface area contributed by atoms with E-state index in [0.717, 1.165) is 17.5 Å². The first-order chi connectivity index (χ1) is 15.1. The molecule has 2 aromatic rings. The number of unbranched alkanes of at least 4 members (excludes halogenated alkanes) is 1. The van der Waals surface area contributed by atoms with Gasteiger partial charge in [-0.1, -0.05) is 13.8 Å². The number of aromatic carboxylic acids is 1. The summed E-state index contributed by atoms with van der Waals surface area (Å²) in [6.07, 6.45) is 2.52. The molecule has 0 spiro atoms. The van der Waals surface area contributed by atoms with E-state index in [1.54, 1.807) is 6.07 Å². The van der Waals surface area contributed by atoms with Gasteiger partial charge in [0.15, 0.2) is 17.3 Å². The summed E-state index contributed by atoms with van der Waals surface area (Å²) in [6, 6.07) is 6.01. The number of fused-ring (bicyclic) bond motifs is 1. The molecule has 0 saturated heterocycles. The number of phenols is 1. The van der Waals surface area contributed by atoms with E-state index < -0.39 is 5.97 Å². The molecule has 32 heavy (non-hydrogen) atoms. The number of aromatic hydroxyl groups is 1. The number of carboxylic acids is 1. The number of rotatable bonds is 9. The third-order valence-corrected chi connectivity index (χ3v) is 5.69. The molecule has 1 aliphatic rings. The smallest absolute Gasteiger partial charge is 0.335 e.